The molecule has 1 heterocycles. The van der Waals surface area contributed by atoms with Crippen LogP contribution in [0.5, 0.6) is 0 Å². The number of likely N-dealkylation sites (tertiary alicyclic amines) is 1. The number of methoxy groups -OCH3 is 1. The molecular weight excluding hydrogens is 252 g/mol. The second kappa shape index (κ2) is 7.99. The van der Waals surface area contributed by atoms with Gasteiger partial charge in [0.1, 0.15) is 0 Å². The van der Waals surface area contributed by atoms with Crippen LogP contribution in [0, 0.1) is 11.8 Å². The molecule has 2 fully saturated rings. The van der Waals surface area contributed by atoms with Gasteiger partial charge in [-0.3, -0.25) is 4.79 Å². The summed E-state index contributed by atoms with van der Waals surface area (Å²) in [5, 5.41) is 3.77. The molecule has 2 unspecified atom stereocenters. The third kappa shape index (κ3) is 5.06. The smallest absolute Gasteiger partial charge is 0.306 e. The highest BCUT2D eigenvalue weighted by Gasteiger charge is 2.25. The molecule has 1 aliphatic carbocycles. The first kappa shape index (κ1) is 15.8. The highest BCUT2D eigenvalue weighted by molar-refractivity contribution is 5.69. The van der Waals surface area contributed by atoms with Gasteiger partial charge < -0.3 is 15.0 Å². The van der Waals surface area contributed by atoms with E-state index in [0.29, 0.717) is 18.4 Å². The Hall–Kier alpha value is -0.610. The van der Waals surface area contributed by atoms with Gasteiger partial charge in [-0.25, -0.2) is 0 Å². The molecule has 4 nitrogen and oxygen atoms in total. The van der Waals surface area contributed by atoms with Crippen LogP contribution in [-0.2, 0) is 9.53 Å². The summed E-state index contributed by atoms with van der Waals surface area (Å²) in [4.78, 5) is 13.7. The van der Waals surface area contributed by atoms with Crippen molar-refractivity contribution >= 4 is 5.97 Å². The van der Waals surface area contributed by atoms with Crippen molar-refractivity contribution in [2.24, 2.45) is 11.8 Å². The van der Waals surface area contributed by atoms with E-state index in [1.807, 2.05) is 0 Å². The van der Waals surface area contributed by atoms with Crippen LogP contribution in [0.25, 0.3) is 0 Å². The Kier molecular flexibility index (Phi) is 6.30. The van der Waals surface area contributed by atoms with Gasteiger partial charge in [0.2, 0.25) is 0 Å². The fourth-order valence-corrected chi connectivity index (χ4v) is 3.69. The highest BCUT2D eigenvalue weighted by atomic mass is 16.5. The van der Waals surface area contributed by atoms with E-state index in [0.717, 1.165) is 25.6 Å². The average Bonchev–Trinajstić information content (AvgIpc) is 2.95. The lowest BCUT2D eigenvalue weighted by atomic mass is 9.95. The van der Waals surface area contributed by atoms with Crippen molar-refractivity contribution in [3.63, 3.8) is 0 Å². The molecule has 0 aromatic heterocycles. The average molecular weight is 282 g/mol. The van der Waals surface area contributed by atoms with Gasteiger partial charge in [0.05, 0.1) is 13.5 Å². The topological polar surface area (TPSA) is 41.6 Å². The molecule has 1 saturated heterocycles. The number of carbonyl (C=O) groups excluding carboxylic acids is 1. The Morgan fingerprint density at radius 1 is 1.30 bits per heavy atom. The first-order chi connectivity index (χ1) is 9.67. The van der Waals surface area contributed by atoms with Gasteiger partial charge in [0.25, 0.3) is 0 Å². The van der Waals surface area contributed by atoms with Crippen LogP contribution >= 0.6 is 0 Å². The van der Waals surface area contributed by atoms with Crippen LogP contribution in [0.2, 0.25) is 0 Å². The van der Waals surface area contributed by atoms with E-state index in [2.05, 4.69) is 17.1 Å². The minimum atomic E-state index is -0.0984. The summed E-state index contributed by atoms with van der Waals surface area (Å²) in [6, 6.07) is 0.594. The number of nitrogens with one attached hydrogen (secondary N) is 1. The number of esters is 1. The van der Waals surface area contributed by atoms with E-state index in [-0.39, 0.29) is 5.97 Å². The van der Waals surface area contributed by atoms with Gasteiger partial charge in [-0.15, -0.1) is 0 Å². The second-order valence-corrected chi connectivity index (χ2v) is 6.68. The quantitative estimate of drug-likeness (QED) is 0.757. The normalized spacial score (nSPS) is 28.7. The SMILES string of the molecule is COC(=O)CCN1CC(C)CC(NCC2CCCC2)C1. The Morgan fingerprint density at radius 2 is 2.05 bits per heavy atom. The Morgan fingerprint density at radius 3 is 2.75 bits per heavy atom. The maximum Gasteiger partial charge on any atom is 0.306 e. The summed E-state index contributed by atoms with van der Waals surface area (Å²) in [5.41, 5.74) is 0. The van der Waals surface area contributed by atoms with E-state index < -0.39 is 0 Å². The number of hydrogen-bond donors (Lipinski definition) is 1. The van der Waals surface area contributed by atoms with Crippen molar-refractivity contribution in [1.82, 2.24) is 10.2 Å². The van der Waals surface area contributed by atoms with Gasteiger partial charge in [-0.2, -0.15) is 0 Å². The summed E-state index contributed by atoms with van der Waals surface area (Å²) in [6.07, 6.45) is 7.42. The molecule has 1 N–H and O–H groups in total. The Bertz CT molecular complexity index is 303. The Labute approximate surface area is 123 Å². The van der Waals surface area contributed by atoms with Crippen LogP contribution in [0.3, 0.4) is 0 Å². The van der Waals surface area contributed by atoms with Gasteiger partial charge in [0.15, 0.2) is 0 Å². The number of carbonyl (C=O) groups is 1. The molecule has 4 heteroatoms. The van der Waals surface area contributed by atoms with E-state index >= 15 is 0 Å². The number of nitrogens with zero attached hydrogens (tertiary/aromatic N) is 1. The predicted octanol–water partition coefficient (Wildman–Crippen LogP) is 2.04. The van der Waals surface area contributed by atoms with Gasteiger partial charge in [0, 0.05) is 25.7 Å². The lowest BCUT2D eigenvalue weighted by Crippen LogP contribution is -2.49. The first-order valence-corrected chi connectivity index (χ1v) is 8.20. The molecule has 0 aromatic carbocycles. The first-order valence-electron chi connectivity index (χ1n) is 8.20. The number of piperidine rings is 1. The zero-order valence-electron chi connectivity index (χ0n) is 13.1. The summed E-state index contributed by atoms with van der Waals surface area (Å²) in [7, 11) is 1.47. The molecular formula is C16H30N2O2. The second-order valence-electron chi connectivity index (χ2n) is 6.68. The molecule has 2 aliphatic rings. The van der Waals surface area contributed by atoms with Gasteiger partial charge in [-0.1, -0.05) is 19.8 Å². The number of ether oxygens (including phenoxy) is 1. The van der Waals surface area contributed by atoms with Crippen LogP contribution in [0.1, 0.15) is 45.4 Å². The largest absolute Gasteiger partial charge is 0.469 e. The van der Waals surface area contributed by atoms with E-state index in [1.54, 1.807) is 0 Å². The molecule has 2 atom stereocenters. The molecule has 0 radical (unpaired) electrons. The van der Waals surface area contributed by atoms with Crippen molar-refractivity contribution in [2.75, 3.05) is 33.3 Å². The lowest BCUT2D eigenvalue weighted by Gasteiger charge is -2.37. The van der Waals surface area contributed by atoms with Crippen LogP contribution in [-0.4, -0.2) is 50.2 Å². The molecule has 1 saturated carbocycles. The van der Waals surface area contributed by atoms with Crippen molar-refractivity contribution in [1.29, 1.82) is 0 Å². The maximum atomic E-state index is 11.3. The van der Waals surface area contributed by atoms with E-state index in [1.165, 1.54) is 45.8 Å². The van der Waals surface area contributed by atoms with Crippen molar-refractivity contribution in [3.05, 3.63) is 0 Å². The summed E-state index contributed by atoms with van der Waals surface area (Å²) < 4.78 is 4.73. The summed E-state index contributed by atoms with van der Waals surface area (Å²) in [5.74, 6) is 1.51. The zero-order valence-corrected chi connectivity index (χ0v) is 13.1. The van der Waals surface area contributed by atoms with Gasteiger partial charge in [-0.05, 0) is 37.6 Å². The monoisotopic (exact) mass is 282 g/mol. The van der Waals surface area contributed by atoms with Crippen LogP contribution in [0.4, 0.5) is 0 Å². The van der Waals surface area contributed by atoms with Gasteiger partial charge >= 0.3 is 5.97 Å². The van der Waals surface area contributed by atoms with Crippen LogP contribution in [0.15, 0.2) is 0 Å². The molecule has 116 valence electrons. The van der Waals surface area contributed by atoms with E-state index in [9.17, 15) is 4.79 Å². The molecule has 0 spiro atoms. The Balaban J connectivity index is 1.70. The molecule has 2 rings (SSSR count). The summed E-state index contributed by atoms with van der Waals surface area (Å²) in [6.45, 7) is 6.52. The fourth-order valence-electron chi connectivity index (χ4n) is 3.69. The maximum absolute atomic E-state index is 11.3. The molecule has 0 aromatic rings. The lowest BCUT2D eigenvalue weighted by molar-refractivity contribution is -0.141. The standard InChI is InChI=1S/C16H30N2O2/c1-13-9-15(17-10-14-5-3-4-6-14)12-18(11-13)8-7-16(19)20-2/h13-15,17H,3-12H2,1-2H3. The zero-order chi connectivity index (χ0) is 14.4. The number of hydrogen-bond acceptors (Lipinski definition) is 4. The fraction of sp³-hybridized carbons (Fsp3) is 0.938. The van der Waals surface area contributed by atoms with Crippen molar-refractivity contribution in [2.45, 2.75) is 51.5 Å². The minimum absolute atomic E-state index is 0.0984. The molecule has 20 heavy (non-hydrogen) atoms. The predicted molar refractivity (Wildman–Crippen MR) is 80.6 cm³/mol. The summed E-state index contributed by atoms with van der Waals surface area (Å²) >= 11 is 0. The molecule has 1 aliphatic heterocycles. The molecule has 0 amide bonds. The van der Waals surface area contributed by atoms with Crippen LogP contribution < -0.4 is 5.32 Å². The van der Waals surface area contributed by atoms with E-state index in [4.69, 9.17) is 4.74 Å². The third-order valence-electron chi connectivity index (χ3n) is 4.77. The molecule has 0 bridgehead atoms. The third-order valence-corrected chi connectivity index (χ3v) is 4.77. The minimum Gasteiger partial charge on any atom is -0.469 e. The number of rotatable bonds is 6. The van der Waals surface area contributed by atoms with Crippen molar-refractivity contribution in [3.8, 4) is 0 Å². The highest BCUT2D eigenvalue weighted by Crippen LogP contribution is 2.24. The van der Waals surface area contributed by atoms with Crippen molar-refractivity contribution < 1.29 is 9.53 Å².